The fourth-order valence-corrected chi connectivity index (χ4v) is 3.76. The number of pyridine rings is 1. The fraction of sp³-hybridized carbons (Fsp3) is 0.167. The molecule has 32 heavy (non-hydrogen) atoms. The largest absolute Gasteiger partial charge is 0.506 e. The number of rotatable bonds is 6. The Hall–Kier alpha value is -2.57. The van der Waals surface area contributed by atoms with Gasteiger partial charge in [-0.25, -0.2) is 4.98 Å². The highest BCUT2D eigenvalue weighted by Crippen LogP contribution is 2.36. The standard InChI is InChI=1S/C24H21Cl3N4O/c1-24(2,29-13-14-3-5-17(25)19(27)11-14)23-30-21(15-7-9-28-10-8-15)22(31-23)16-4-6-18(26)20(32)12-16/h3-12,29,32H,13H2,1-2H3,(H,30,31). The molecule has 0 spiro atoms. The third-order valence-electron chi connectivity index (χ3n) is 5.20. The number of phenolic OH excluding ortho intramolecular Hbond substituents is 1. The summed E-state index contributed by atoms with van der Waals surface area (Å²) < 4.78 is 0. The highest BCUT2D eigenvalue weighted by atomic mass is 35.5. The van der Waals surface area contributed by atoms with Gasteiger partial charge in [0.2, 0.25) is 0 Å². The van der Waals surface area contributed by atoms with E-state index in [-0.39, 0.29) is 5.75 Å². The number of hydrogen-bond acceptors (Lipinski definition) is 4. The minimum absolute atomic E-state index is 0.00592. The van der Waals surface area contributed by atoms with Crippen molar-refractivity contribution < 1.29 is 5.11 Å². The quantitative estimate of drug-likeness (QED) is 0.279. The zero-order valence-corrected chi connectivity index (χ0v) is 19.7. The van der Waals surface area contributed by atoms with Gasteiger partial charge in [-0.3, -0.25) is 4.98 Å². The van der Waals surface area contributed by atoms with E-state index >= 15 is 0 Å². The van der Waals surface area contributed by atoms with Gasteiger partial charge in [-0.2, -0.15) is 0 Å². The van der Waals surface area contributed by atoms with E-state index in [0.29, 0.717) is 27.3 Å². The molecule has 0 aliphatic carbocycles. The molecular weight excluding hydrogens is 467 g/mol. The summed E-state index contributed by atoms with van der Waals surface area (Å²) >= 11 is 18.2. The molecule has 0 fully saturated rings. The molecule has 3 N–H and O–H groups in total. The molecule has 0 unspecified atom stereocenters. The number of aromatic nitrogens is 3. The molecule has 2 aromatic heterocycles. The van der Waals surface area contributed by atoms with Gasteiger partial charge < -0.3 is 15.4 Å². The summed E-state index contributed by atoms with van der Waals surface area (Å²) in [6.07, 6.45) is 3.46. The van der Waals surface area contributed by atoms with Gasteiger partial charge in [0.05, 0.1) is 32.0 Å². The molecule has 0 bridgehead atoms. The smallest absolute Gasteiger partial charge is 0.134 e. The number of halogens is 3. The van der Waals surface area contributed by atoms with Crippen LogP contribution in [0.4, 0.5) is 0 Å². The van der Waals surface area contributed by atoms with Crippen LogP contribution in [0, 0.1) is 0 Å². The first-order valence-electron chi connectivity index (χ1n) is 9.93. The molecule has 4 aromatic rings. The summed E-state index contributed by atoms with van der Waals surface area (Å²) in [5.41, 5.74) is 3.73. The van der Waals surface area contributed by atoms with E-state index in [2.05, 4.69) is 15.3 Å². The lowest BCUT2D eigenvalue weighted by Gasteiger charge is -2.24. The third kappa shape index (κ3) is 4.76. The van der Waals surface area contributed by atoms with Gasteiger partial charge in [0.25, 0.3) is 0 Å². The van der Waals surface area contributed by atoms with Crippen LogP contribution >= 0.6 is 34.8 Å². The summed E-state index contributed by atoms with van der Waals surface area (Å²) in [4.78, 5) is 12.5. The van der Waals surface area contributed by atoms with Crippen LogP contribution in [0.2, 0.25) is 15.1 Å². The Morgan fingerprint density at radius 2 is 1.62 bits per heavy atom. The van der Waals surface area contributed by atoms with Crippen molar-refractivity contribution in [2.45, 2.75) is 25.9 Å². The van der Waals surface area contributed by atoms with E-state index in [9.17, 15) is 5.11 Å². The van der Waals surface area contributed by atoms with Crippen LogP contribution in [-0.2, 0) is 12.1 Å². The second-order valence-electron chi connectivity index (χ2n) is 7.94. The van der Waals surface area contributed by atoms with Crippen LogP contribution in [0.5, 0.6) is 5.75 Å². The van der Waals surface area contributed by atoms with Gasteiger partial charge in [-0.05, 0) is 55.8 Å². The molecule has 4 rings (SSSR count). The number of phenols is 1. The van der Waals surface area contributed by atoms with E-state index in [1.54, 1.807) is 30.6 Å². The number of hydrogen-bond donors (Lipinski definition) is 3. The monoisotopic (exact) mass is 486 g/mol. The zero-order valence-electron chi connectivity index (χ0n) is 17.5. The third-order valence-corrected chi connectivity index (χ3v) is 6.26. The lowest BCUT2D eigenvalue weighted by molar-refractivity contribution is 0.381. The highest BCUT2D eigenvalue weighted by Gasteiger charge is 2.27. The maximum Gasteiger partial charge on any atom is 0.134 e. The Bertz CT molecular complexity index is 1260. The molecule has 164 valence electrons. The van der Waals surface area contributed by atoms with Crippen molar-refractivity contribution in [1.82, 2.24) is 20.3 Å². The molecule has 0 saturated heterocycles. The lowest BCUT2D eigenvalue weighted by Crippen LogP contribution is -2.37. The molecule has 0 radical (unpaired) electrons. The molecule has 0 amide bonds. The van der Waals surface area contributed by atoms with Gasteiger partial charge in [-0.15, -0.1) is 0 Å². The van der Waals surface area contributed by atoms with E-state index in [4.69, 9.17) is 39.8 Å². The van der Waals surface area contributed by atoms with Crippen LogP contribution in [0.25, 0.3) is 22.5 Å². The molecule has 0 atom stereocenters. The van der Waals surface area contributed by atoms with E-state index < -0.39 is 5.54 Å². The average molecular weight is 488 g/mol. The number of aromatic amines is 1. The van der Waals surface area contributed by atoms with Gasteiger partial charge >= 0.3 is 0 Å². The Morgan fingerprint density at radius 3 is 2.31 bits per heavy atom. The summed E-state index contributed by atoms with van der Waals surface area (Å²) in [6, 6.07) is 14.5. The van der Waals surface area contributed by atoms with Crippen molar-refractivity contribution in [2.75, 3.05) is 0 Å². The Kier molecular flexibility index (Phi) is 6.45. The van der Waals surface area contributed by atoms with Gasteiger partial charge in [0.15, 0.2) is 0 Å². The van der Waals surface area contributed by atoms with Crippen LogP contribution in [0.3, 0.4) is 0 Å². The minimum atomic E-state index is -0.499. The van der Waals surface area contributed by atoms with Crippen LogP contribution < -0.4 is 5.32 Å². The lowest BCUT2D eigenvalue weighted by atomic mass is 10.0. The van der Waals surface area contributed by atoms with Crippen molar-refractivity contribution in [3.63, 3.8) is 0 Å². The van der Waals surface area contributed by atoms with E-state index in [1.807, 2.05) is 44.2 Å². The summed E-state index contributed by atoms with van der Waals surface area (Å²) in [7, 11) is 0. The summed E-state index contributed by atoms with van der Waals surface area (Å²) in [5, 5.41) is 15.0. The molecule has 8 heteroatoms. The number of benzene rings is 2. The number of nitrogens with one attached hydrogen (secondary N) is 2. The van der Waals surface area contributed by atoms with Gasteiger partial charge in [0.1, 0.15) is 11.6 Å². The second-order valence-corrected chi connectivity index (χ2v) is 9.16. The molecule has 0 aliphatic rings. The van der Waals surface area contributed by atoms with Gasteiger partial charge in [-0.1, -0.05) is 46.9 Å². The number of nitrogens with zero attached hydrogens (tertiary/aromatic N) is 2. The topological polar surface area (TPSA) is 73.8 Å². The van der Waals surface area contributed by atoms with Crippen molar-refractivity contribution in [1.29, 1.82) is 0 Å². The molecule has 0 aliphatic heterocycles. The first-order chi connectivity index (χ1) is 15.2. The summed E-state index contributed by atoms with van der Waals surface area (Å²) in [6.45, 7) is 4.66. The Morgan fingerprint density at radius 1 is 0.906 bits per heavy atom. The van der Waals surface area contributed by atoms with E-state index in [0.717, 1.165) is 28.2 Å². The number of H-pyrrole nitrogens is 1. The average Bonchev–Trinajstić information content (AvgIpc) is 3.24. The molecule has 0 saturated carbocycles. The molecule has 5 nitrogen and oxygen atoms in total. The summed E-state index contributed by atoms with van der Waals surface area (Å²) in [5.74, 6) is 0.750. The van der Waals surface area contributed by atoms with Crippen molar-refractivity contribution in [2.24, 2.45) is 0 Å². The minimum Gasteiger partial charge on any atom is -0.506 e. The Labute approximate surface area is 201 Å². The first kappa shape index (κ1) is 22.6. The molecule has 2 heterocycles. The number of imidazole rings is 1. The second kappa shape index (κ2) is 9.12. The van der Waals surface area contributed by atoms with Crippen molar-refractivity contribution >= 4 is 34.8 Å². The predicted octanol–water partition coefficient (Wildman–Crippen LogP) is 6.83. The Balaban J connectivity index is 1.71. The maximum absolute atomic E-state index is 10.1. The normalized spacial score (nSPS) is 11.7. The van der Waals surface area contributed by atoms with Crippen molar-refractivity contribution in [3.05, 3.63) is 87.4 Å². The highest BCUT2D eigenvalue weighted by molar-refractivity contribution is 6.42. The zero-order chi connectivity index (χ0) is 22.9. The van der Waals surface area contributed by atoms with Crippen LogP contribution in [0.15, 0.2) is 60.9 Å². The van der Waals surface area contributed by atoms with Crippen molar-refractivity contribution in [3.8, 4) is 28.3 Å². The molecular formula is C24H21Cl3N4O. The van der Waals surface area contributed by atoms with E-state index in [1.165, 1.54) is 0 Å². The first-order valence-corrected chi connectivity index (χ1v) is 11.1. The van der Waals surface area contributed by atoms with Gasteiger partial charge in [0, 0.05) is 30.1 Å². The maximum atomic E-state index is 10.1. The van der Waals surface area contributed by atoms with Crippen LogP contribution in [-0.4, -0.2) is 20.1 Å². The number of aromatic hydroxyl groups is 1. The molecule has 2 aromatic carbocycles. The predicted molar refractivity (Wildman–Crippen MR) is 130 cm³/mol. The fourth-order valence-electron chi connectivity index (χ4n) is 3.32. The SMILES string of the molecule is CC(C)(NCc1ccc(Cl)c(Cl)c1)c1nc(-c2ccc(Cl)c(O)c2)c(-c2ccncc2)[nH]1. The van der Waals surface area contributed by atoms with Crippen LogP contribution in [0.1, 0.15) is 25.2 Å².